The molecule has 1 aromatic heterocycles. The van der Waals surface area contributed by atoms with Gasteiger partial charge in [0.2, 0.25) is 5.91 Å². The van der Waals surface area contributed by atoms with Gasteiger partial charge >= 0.3 is 0 Å². The summed E-state index contributed by atoms with van der Waals surface area (Å²) in [5.41, 5.74) is -0.368. The van der Waals surface area contributed by atoms with Crippen molar-refractivity contribution in [3.63, 3.8) is 0 Å². The Labute approximate surface area is 146 Å². The van der Waals surface area contributed by atoms with Crippen LogP contribution in [0.15, 0.2) is 30.5 Å². The largest absolute Gasteiger partial charge is 0.382 e. The highest BCUT2D eigenvalue weighted by molar-refractivity contribution is 5.79. The molecular formula is C18H23FN4O2. The lowest BCUT2D eigenvalue weighted by Gasteiger charge is -2.38. The Bertz CT molecular complexity index is 761. The molecule has 1 amide bonds. The van der Waals surface area contributed by atoms with Crippen molar-refractivity contribution < 1.29 is 14.3 Å². The van der Waals surface area contributed by atoms with Gasteiger partial charge in [-0.3, -0.25) is 4.79 Å². The van der Waals surface area contributed by atoms with E-state index in [1.807, 2.05) is 13.8 Å². The maximum atomic E-state index is 13.8. The van der Waals surface area contributed by atoms with Gasteiger partial charge in [-0.2, -0.15) is 0 Å². The molecule has 1 N–H and O–H groups in total. The lowest BCUT2D eigenvalue weighted by molar-refractivity contribution is -0.138. The van der Waals surface area contributed by atoms with Crippen LogP contribution in [0.4, 0.5) is 4.39 Å². The summed E-state index contributed by atoms with van der Waals surface area (Å²) in [5.74, 6) is -0.581. The van der Waals surface area contributed by atoms with E-state index in [1.54, 1.807) is 34.0 Å². The van der Waals surface area contributed by atoms with E-state index >= 15 is 0 Å². The number of rotatable bonds is 4. The molecule has 0 saturated carbocycles. The first-order chi connectivity index (χ1) is 11.9. The van der Waals surface area contributed by atoms with Crippen LogP contribution < -0.4 is 0 Å². The predicted molar refractivity (Wildman–Crippen MR) is 90.2 cm³/mol. The van der Waals surface area contributed by atoms with Gasteiger partial charge in [0.1, 0.15) is 17.1 Å². The zero-order valence-corrected chi connectivity index (χ0v) is 14.5. The van der Waals surface area contributed by atoms with Crippen LogP contribution in [-0.2, 0) is 16.8 Å². The molecule has 7 heteroatoms. The zero-order chi connectivity index (χ0) is 18.0. The SMILES string of the molecule is CC(C)n1cc([C@]2(O)CCCN(C(=O)Cc3ccccc3F)C2)nn1. The van der Waals surface area contributed by atoms with Crippen molar-refractivity contribution in [1.29, 1.82) is 0 Å². The molecule has 1 fully saturated rings. The number of aromatic nitrogens is 3. The fourth-order valence-electron chi connectivity index (χ4n) is 3.12. The van der Waals surface area contributed by atoms with Crippen molar-refractivity contribution in [3.8, 4) is 0 Å². The van der Waals surface area contributed by atoms with Crippen molar-refractivity contribution >= 4 is 5.91 Å². The summed E-state index contributed by atoms with van der Waals surface area (Å²) in [7, 11) is 0. The number of nitrogens with zero attached hydrogens (tertiary/aromatic N) is 4. The minimum atomic E-state index is -1.21. The molecular weight excluding hydrogens is 323 g/mol. The topological polar surface area (TPSA) is 71.2 Å². The number of hydrogen-bond acceptors (Lipinski definition) is 4. The van der Waals surface area contributed by atoms with Crippen LogP contribution in [0.5, 0.6) is 0 Å². The zero-order valence-electron chi connectivity index (χ0n) is 14.5. The fraction of sp³-hybridized carbons (Fsp3) is 0.500. The second-order valence-electron chi connectivity index (χ2n) is 6.90. The van der Waals surface area contributed by atoms with Gasteiger partial charge in [-0.05, 0) is 38.3 Å². The molecule has 25 heavy (non-hydrogen) atoms. The number of β-amino-alcohol motifs (C(OH)–C–C–N with tert-alkyl or cyclic N) is 1. The Morgan fingerprint density at radius 2 is 2.16 bits per heavy atom. The van der Waals surface area contributed by atoms with E-state index in [1.165, 1.54) is 6.07 Å². The molecule has 3 rings (SSSR count). The molecule has 6 nitrogen and oxygen atoms in total. The quantitative estimate of drug-likeness (QED) is 0.920. The van der Waals surface area contributed by atoms with Gasteiger partial charge in [-0.1, -0.05) is 23.4 Å². The Kier molecular flexibility index (Phi) is 4.85. The molecule has 1 aromatic carbocycles. The molecule has 0 spiro atoms. The Morgan fingerprint density at radius 1 is 1.40 bits per heavy atom. The van der Waals surface area contributed by atoms with Crippen molar-refractivity contribution in [2.24, 2.45) is 0 Å². The van der Waals surface area contributed by atoms with E-state index in [2.05, 4.69) is 10.3 Å². The van der Waals surface area contributed by atoms with E-state index in [0.29, 0.717) is 30.6 Å². The Balaban J connectivity index is 1.73. The van der Waals surface area contributed by atoms with Crippen LogP contribution in [0.25, 0.3) is 0 Å². The van der Waals surface area contributed by atoms with Gasteiger partial charge in [0.25, 0.3) is 0 Å². The molecule has 1 atom stereocenters. The Morgan fingerprint density at radius 3 is 2.84 bits per heavy atom. The highest BCUT2D eigenvalue weighted by atomic mass is 19.1. The third kappa shape index (κ3) is 3.71. The minimum Gasteiger partial charge on any atom is -0.382 e. The number of carbonyl (C=O) groups excluding carboxylic acids is 1. The highest BCUT2D eigenvalue weighted by Crippen LogP contribution is 2.30. The molecule has 0 unspecified atom stereocenters. The first-order valence-corrected chi connectivity index (χ1v) is 8.55. The van der Waals surface area contributed by atoms with Crippen LogP contribution in [0, 0.1) is 5.82 Å². The summed E-state index contributed by atoms with van der Waals surface area (Å²) in [4.78, 5) is 14.1. The average Bonchev–Trinajstić information content (AvgIpc) is 3.08. The van der Waals surface area contributed by atoms with Gasteiger partial charge in [-0.25, -0.2) is 9.07 Å². The maximum Gasteiger partial charge on any atom is 0.227 e. The van der Waals surface area contributed by atoms with Crippen molar-refractivity contribution in [1.82, 2.24) is 19.9 Å². The normalized spacial score (nSPS) is 20.9. The molecule has 0 aliphatic carbocycles. The smallest absolute Gasteiger partial charge is 0.227 e. The standard InChI is InChI=1S/C18H23FN4O2/c1-13(2)23-11-16(20-21-23)18(25)8-5-9-22(12-18)17(24)10-14-6-3-4-7-15(14)19/h3-4,6-7,11,13,25H,5,8-10,12H2,1-2H3/t18-/m0/s1. The highest BCUT2D eigenvalue weighted by Gasteiger charge is 2.39. The second-order valence-corrected chi connectivity index (χ2v) is 6.90. The number of benzene rings is 1. The first kappa shape index (κ1) is 17.5. The van der Waals surface area contributed by atoms with E-state index in [4.69, 9.17) is 0 Å². The van der Waals surface area contributed by atoms with Gasteiger partial charge in [-0.15, -0.1) is 5.10 Å². The van der Waals surface area contributed by atoms with Crippen LogP contribution >= 0.6 is 0 Å². The average molecular weight is 346 g/mol. The third-order valence-corrected chi connectivity index (χ3v) is 4.64. The molecule has 0 radical (unpaired) electrons. The predicted octanol–water partition coefficient (Wildman–Crippen LogP) is 2.05. The minimum absolute atomic E-state index is 0.0125. The van der Waals surface area contributed by atoms with Crippen molar-refractivity contribution in [3.05, 3.63) is 47.5 Å². The molecule has 2 heterocycles. The first-order valence-electron chi connectivity index (χ1n) is 8.55. The van der Waals surface area contributed by atoms with Crippen LogP contribution in [0.2, 0.25) is 0 Å². The van der Waals surface area contributed by atoms with Crippen molar-refractivity contribution in [2.75, 3.05) is 13.1 Å². The number of halogens is 1. The molecule has 0 bridgehead atoms. The monoisotopic (exact) mass is 346 g/mol. The molecule has 2 aromatic rings. The summed E-state index contributed by atoms with van der Waals surface area (Å²) < 4.78 is 15.5. The third-order valence-electron chi connectivity index (χ3n) is 4.64. The van der Waals surface area contributed by atoms with Crippen LogP contribution in [0.1, 0.15) is 44.0 Å². The van der Waals surface area contributed by atoms with Gasteiger partial charge in [0.05, 0.1) is 19.2 Å². The van der Waals surface area contributed by atoms with Gasteiger partial charge < -0.3 is 10.0 Å². The van der Waals surface area contributed by atoms with E-state index in [0.717, 1.165) is 0 Å². The summed E-state index contributed by atoms with van der Waals surface area (Å²) >= 11 is 0. The molecule has 1 aliphatic rings. The summed E-state index contributed by atoms with van der Waals surface area (Å²) in [5, 5.41) is 19.1. The van der Waals surface area contributed by atoms with Crippen LogP contribution in [0.3, 0.4) is 0 Å². The number of likely N-dealkylation sites (tertiary alicyclic amines) is 1. The number of hydrogen-bond donors (Lipinski definition) is 1. The van der Waals surface area contributed by atoms with E-state index in [-0.39, 0.29) is 30.7 Å². The maximum absolute atomic E-state index is 13.8. The molecule has 1 aliphatic heterocycles. The second kappa shape index (κ2) is 6.92. The summed E-state index contributed by atoms with van der Waals surface area (Å²) in [6.45, 7) is 4.66. The van der Waals surface area contributed by atoms with E-state index < -0.39 is 5.60 Å². The van der Waals surface area contributed by atoms with Gasteiger partial charge in [0.15, 0.2) is 0 Å². The lowest BCUT2D eigenvalue weighted by Crippen LogP contribution is -2.49. The summed E-state index contributed by atoms with van der Waals surface area (Å²) in [6.07, 6.45) is 2.90. The Hall–Kier alpha value is -2.28. The van der Waals surface area contributed by atoms with Crippen molar-refractivity contribution in [2.45, 2.75) is 44.8 Å². The van der Waals surface area contributed by atoms with Crippen LogP contribution in [-0.4, -0.2) is 44.0 Å². The number of piperidine rings is 1. The number of amides is 1. The molecule has 134 valence electrons. The molecule has 1 saturated heterocycles. The van der Waals surface area contributed by atoms with E-state index in [9.17, 15) is 14.3 Å². The lowest BCUT2D eigenvalue weighted by atomic mass is 9.89. The van der Waals surface area contributed by atoms with Gasteiger partial charge in [0, 0.05) is 12.6 Å². The summed E-state index contributed by atoms with van der Waals surface area (Å²) in [6, 6.07) is 6.41. The number of aliphatic hydroxyl groups is 1. The number of carbonyl (C=O) groups is 1. The fourth-order valence-corrected chi connectivity index (χ4v) is 3.12.